The monoisotopic (exact) mass is 295 g/mol. The summed E-state index contributed by atoms with van der Waals surface area (Å²) in [6, 6.07) is 4.92. The number of amides is 1. The molecule has 0 aromatic heterocycles. The molecule has 1 saturated heterocycles. The van der Waals surface area contributed by atoms with E-state index in [1.165, 1.54) is 32.4 Å². The van der Waals surface area contributed by atoms with Crippen LogP contribution >= 0.6 is 11.6 Å². The third-order valence-electron chi connectivity index (χ3n) is 3.57. The average Bonchev–Trinajstić information content (AvgIpc) is 2.43. The largest absolute Gasteiger partial charge is 0.399 e. The number of nitrogens with two attached hydrogens (primary N) is 1. The van der Waals surface area contributed by atoms with Gasteiger partial charge in [-0.3, -0.25) is 4.79 Å². The molecule has 110 valence electrons. The summed E-state index contributed by atoms with van der Waals surface area (Å²) in [6.45, 7) is 4.12. The Morgan fingerprint density at radius 1 is 1.25 bits per heavy atom. The molecule has 1 aromatic carbocycles. The number of carbonyl (C=O) groups is 1. The average molecular weight is 296 g/mol. The molecular weight excluding hydrogens is 274 g/mol. The molecule has 1 heterocycles. The zero-order valence-electron chi connectivity index (χ0n) is 11.7. The van der Waals surface area contributed by atoms with E-state index in [0.717, 1.165) is 13.0 Å². The first kappa shape index (κ1) is 15.1. The second kappa shape index (κ2) is 7.50. The molecule has 0 spiro atoms. The Hall–Kier alpha value is -1.26. The van der Waals surface area contributed by atoms with Gasteiger partial charge < -0.3 is 16.0 Å². The van der Waals surface area contributed by atoms with E-state index in [0.29, 0.717) is 22.8 Å². The Morgan fingerprint density at radius 3 is 2.70 bits per heavy atom. The maximum absolute atomic E-state index is 12.0. The summed E-state index contributed by atoms with van der Waals surface area (Å²) in [5.74, 6) is -0.113. The number of carbonyl (C=O) groups excluding carboxylic acids is 1. The van der Waals surface area contributed by atoms with Crippen molar-refractivity contribution < 1.29 is 4.79 Å². The third-order valence-corrected chi connectivity index (χ3v) is 3.79. The number of halogens is 1. The van der Waals surface area contributed by atoms with E-state index in [1.54, 1.807) is 18.2 Å². The van der Waals surface area contributed by atoms with E-state index in [-0.39, 0.29) is 5.91 Å². The molecule has 3 N–H and O–H groups in total. The molecule has 1 fully saturated rings. The van der Waals surface area contributed by atoms with Gasteiger partial charge in [-0.05, 0) is 57.1 Å². The molecule has 4 nitrogen and oxygen atoms in total. The van der Waals surface area contributed by atoms with Gasteiger partial charge in [-0.2, -0.15) is 0 Å². The van der Waals surface area contributed by atoms with Gasteiger partial charge in [0, 0.05) is 22.8 Å². The van der Waals surface area contributed by atoms with Crippen molar-refractivity contribution in [3.63, 3.8) is 0 Å². The fourth-order valence-corrected chi connectivity index (χ4v) is 2.78. The Morgan fingerprint density at radius 2 is 2.00 bits per heavy atom. The Kier molecular flexibility index (Phi) is 5.68. The Bertz CT molecular complexity index is 438. The fraction of sp³-hybridized carbons (Fsp3) is 0.533. The lowest BCUT2D eigenvalue weighted by atomic mass is 10.1. The zero-order valence-corrected chi connectivity index (χ0v) is 12.5. The first-order chi connectivity index (χ1) is 9.65. The van der Waals surface area contributed by atoms with Gasteiger partial charge in [0.25, 0.3) is 5.91 Å². The molecular formula is C15H22ClN3O. The van der Waals surface area contributed by atoms with Crippen LogP contribution < -0.4 is 11.1 Å². The van der Waals surface area contributed by atoms with Gasteiger partial charge >= 0.3 is 0 Å². The summed E-state index contributed by atoms with van der Waals surface area (Å²) in [7, 11) is 0. The zero-order chi connectivity index (χ0) is 14.4. The van der Waals surface area contributed by atoms with E-state index < -0.39 is 0 Å². The standard InChI is InChI=1S/C15H22ClN3O/c16-13-9-12(10-14(17)11-13)15(20)18-5-4-8-19-6-2-1-3-7-19/h9-11H,1-8,17H2,(H,18,20). The maximum Gasteiger partial charge on any atom is 0.251 e. The second-order valence-electron chi connectivity index (χ2n) is 5.28. The first-order valence-electron chi connectivity index (χ1n) is 7.22. The van der Waals surface area contributed by atoms with E-state index in [2.05, 4.69) is 10.2 Å². The van der Waals surface area contributed by atoms with Crippen LogP contribution in [-0.4, -0.2) is 37.0 Å². The van der Waals surface area contributed by atoms with Crippen molar-refractivity contribution in [1.29, 1.82) is 0 Å². The molecule has 20 heavy (non-hydrogen) atoms. The molecule has 0 aliphatic carbocycles. The molecule has 1 aliphatic rings. The third kappa shape index (κ3) is 4.69. The summed E-state index contributed by atoms with van der Waals surface area (Å²) in [6.07, 6.45) is 4.92. The quantitative estimate of drug-likeness (QED) is 0.648. The molecule has 1 aromatic rings. The van der Waals surface area contributed by atoms with Crippen molar-refractivity contribution in [2.24, 2.45) is 0 Å². The van der Waals surface area contributed by atoms with Gasteiger partial charge in [0.05, 0.1) is 0 Å². The molecule has 5 heteroatoms. The summed E-state index contributed by atoms with van der Waals surface area (Å²) in [5, 5.41) is 3.40. The van der Waals surface area contributed by atoms with Crippen LogP contribution in [0.15, 0.2) is 18.2 Å². The maximum atomic E-state index is 12.0. The van der Waals surface area contributed by atoms with Crippen molar-refractivity contribution >= 4 is 23.2 Å². The number of nitrogens with zero attached hydrogens (tertiary/aromatic N) is 1. The van der Waals surface area contributed by atoms with Crippen LogP contribution in [0.5, 0.6) is 0 Å². The molecule has 0 radical (unpaired) electrons. The Labute approximate surface area is 125 Å². The number of likely N-dealkylation sites (tertiary alicyclic amines) is 1. The SMILES string of the molecule is Nc1cc(Cl)cc(C(=O)NCCCN2CCCCC2)c1. The normalized spacial score (nSPS) is 16.1. The van der Waals surface area contributed by atoms with Gasteiger partial charge in [-0.25, -0.2) is 0 Å². The number of rotatable bonds is 5. The van der Waals surface area contributed by atoms with Crippen LogP contribution in [0, 0.1) is 0 Å². The lowest BCUT2D eigenvalue weighted by molar-refractivity contribution is 0.0951. The van der Waals surface area contributed by atoms with Crippen LogP contribution in [0.25, 0.3) is 0 Å². The van der Waals surface area contributed by atoms with E-state index in [4.69, 9.17) is 17.3 Å². The molecule has 0 atom stereocenters. The molecule has 2 rings (SSSR count). The highest BCUT2D eigenvalue weighted by Crippen LogP contribution is 2.16. The smallest absolute Gasteiger partial charge is 0.251 e. The highest BCUT2D eigenvalue weighted by atomic mass is 35.5. The van der Waals surface area contributed by atoms with E-state index >= 15 is 0 Å². The van der Waals surface area contributed by atoms with Gasteiger partial charge in [0.1, 0.15) is 0 Å². The number of hydrogen-bond donors (Lipinski definition) is 2. The van der Waals surface area contributed by atoms with Gasteiger partial charge in [0.2, 0.25) is 0 Å². The fourth-order valence-electron chi connectivity index (χ4n) is 2.53. The minimum atomic E-state index is -0.113. The predicted octanol–water partition coefficient (Wildman–Crippen LogP) is 2.53. The number of piperidine rings is 1. The van der Waals surface area contributed by atoms with Gasteiger partial charge in [0.15, 0.2) is 0 Å². The molecule has 0 saturated carbocycles. The van der Waals surface area contributed by atoms with Gasteiger partial charge in [-0.1, -0.05) is 18.0 Å². The highest BCUT2D eigenvalue weighted by molar-refractivity contribution is 6.31. The molecule has 1 amide bonds. The number of anilines is 1. The minimum absolute atomic E-state index is 0.113. The minimum Gasteiger partial charge on any atom is -0.399 e. The number of nitrogens with one attached hydrogen (secondary N) is 1. The van der Waals surface area contributed by atoms with Crippen molar-refractivity contribution in [3.8, 4) is 0 Å². The summed E-state index contributed by atoms with van der Waals surface area (Å²) < 4.78 is 0. The van der Waals surface area contributed by atoms with E-state index in [9.17, 15) is 4.79 Å². The van der Waals surface area contributed by atoms with Crippen LogP contribution in [0.3, 0.4) is 0 Å². The summed E-state index contributed by atoms with van der Waals surface area (Å²) in [5.41, 5.74) is 6.71. The van der Waals surface area contributed by atoms with Crippen LogP contribution in [-0.2, 0) is 0 Å². The second-order valence-corrected chi connectivity index (χ2v) is 5.72. The lowest BCUT2D eigenvalue weighted by Gasteiger charge is -2.26. The number of benzene rings is 1. The topological polar surface area (TPSA) is 58.4 Å². The molecule has 1 aliphatic heterocycles. The van der Waals surface area contributed by atoms with Crippen LogP contribution in [0.2, 0.25) is 5.02 Å². The van der Waals surface area contributed by atoms with Crippen LogP contribution in [0.4, 0.5) is 5.69 Å². The van der Waals surface area contributed by atoms with Gasteiger partial charge in [-0.15, -0.1) is 0 Å². The predicted molar refractivity (Wildman–Crippen MR) is 83.1 cm³/mol. The first-order valence-corrected chi connectivity index (χ1v) is 7.59. The van der Waals surface area contributed by atoms with Crippen molar-refractivity contribution in [1.82, 2.24) is 10.2 Å². The summed E-state index contributed by atoms with van der Waals surface area (Å²) in [4.78, 5) is 14.4. The molecule has 0 unspecified atom stereocenters. The van der Waals surface area contributed by atoms with Crippen molar-refractivity contribution in [2.75, 3.05) is 31.9 Å². The number of hydrogen-bond acceptors (Lipinski definition) is 3. The lowest BCUT2D eigenvalue weighted by Crippen LogP contribution is -2.33. The van der Waals surface area contributed by atoms with Crippen LogP contribution in [0.1, 0.15) is 36.0 Å². The number of nitrogen functional groups attached to an aromatic ring is 1. The summed E-state index contributed by atoms with van der Waals surface area (Å²) >= 11 is 5.89. The Balaban J connectivity index is 1.71. The van der Waals surface area contributed by atoms with Crippen molar-refractivity contribution in [3.05, 3.63) is 28.8 Å². The van der Waals surface area contributed by atoms with Crippen molar-refractivity contribution in [2.45, 2.75) is 25.7 Å². The highest BCUT2D eigenvalue weighted by Gasteiger charge is 2.10. The van der Waals surface area contributed by atoms with E-state index in [1.807, 2.05) is 0 Å². The molecule has 0 bridgehead atoms.